The maximum absolute atomic E-state index is 13.7. The number of aromatic nitrogens is 4. The summed E-state index contributed by atoms with van der Waals surface area (Å²) in [5, 5.41) is 4.84. The highest BCUT2D eigenvalue weighted by molar-refractivity contribution is 7.84. The number of anilines is 1. The molecule has 4 aromatic rings. The van der Waals surface area contributed by atoms with Gasteiger partial charge in [0.1, 0.15) is 29.7 Å². The van der Waals surface area contributed by atoms with Crippen molar-refractivity contribution in [1.29, 1.82) is 0 Å². The molecule has 1 saturated heterocycles. The van der Waals surface area contributed by atoms with E-state index in [0.29, 0.717) is 52.7 Å². The SMILES string of the molecule is CN(C(=O)c1cc2ncnc(N[C@@H](CCS(C)=O)c3nc4ccc(Cl)cc4[nH]3)c2cc1Cl)[C@H]1CCCN1C(=O)OC(C)(C)C. The van der Waals surface area contributed by atoms with E-state index < -0.39 is 28.7 Å². The highest BCUT2D eigenvalue weighted by Gasteiger charge is 2.37. The van der Waals surface area contributed by atoms with Gasteiger partial charge in [-0.3, -0.25) is 13.9 Å². The van der Waals surface area contributed by atoms with Crippen molar-refractivity contribution in [3.63, 3.8) is 0 Å². The van der Waals surface area contributed by atoms with E-state index in [2.05, 4.69) is 20.3 Å². The summed E-state index contributed by atoms with van der Waals surface area (Å²) in [7, 11) is 0.632. The third-order valence-corrected chi connectivity index (χ3v) is 8.73. The van der Waals surface area contributed by atoms with Gasteiger partial charge >= 0.3 is 6.09 Å². The maximum Gasteiger partial charge on any atom is 0.411 e. The van der Waals surface area contributed by atoms with E-state index in [1.165, 1.54) is 11.2 Å². The van der Waals surface area contributed by atoms with E-state index in [-0.39, 0.29) is 22.5 Å². The van der Waals surface area contributed by atoms with Crippen LogP contribution < -0.4 is 5.32 Å². The Kier molecular flexibility index (Phi) is 9.33. The fourth-order valence-corrected chi connectivity index (χ4v) is 6.24. The number of nitrogens with one attached hydrogen (secondary N) is 2. The van der Waals surface area contributed by atoms with Crippen molar-refractivity contribution in [2.75, 3.05) is 30.9 Å². The van der Waals surface area contributed by atoms with Gasteiger partial charge in [0.25, 0.3) is 5.91 Å². The Balaban J connectivity index is 1.42. The highest BCUT2D eigenvalue weighted by Crippen LogP contribution is 2.32. The van der Waals surface area contributed by atoms with Crippen LogP contribution in [0.1, 0.15) is 62.3 Å². The molecule has 0 bridgehead atoms. The third-order valence-electron chi connectivity index (χ3n) is 7.37. The Labute approximate surface area is 268 Å². The summed E-state index contributed by atoms with van der Waals surface area (Å²) in [6.07, 6.45) is 4.03. The van der Waals surface area contributed by atoms with E-state index >= 15 is 0 Å². The van der Waals surface area contributed by atoms with Crippen molar-refractivity contribution in [3.8, 4) is 0 Å². The summed E-state index contributed by atoms with van der Waals surface area (Å²) < 4.78 is 17.6. The van der Waals surface area contributed by atoms with Crippen LogP contribution in [0.25, 0.3) is 21.9 Å². The monoisotopic (exact) mass is 659 g/mol. The molecular weight excluding hydrogens is 625 g/mol. The van der Waals surface area contributed by atoms with Gasteiger partial charge in [-0.2, -0.15) is 0 Å². The van der Waals surface area contributed by atoms with Crippen molar-refractivity contribution < 1.29 is 18.5 Å². The van der Waals surface area contributed by atoms with Crippen molar-refractivity contribution in [2.24, 2.45) is 0 Å². The Morgan fingerprint density at radius 2 is 1.98 bits per heavy atom. The van der Waals surface area contributed by atoms with Crippen LogP contribution in [-0.4, -0.2) is 83.3 Å². The van der Waals surface area contributed by atoms with Gasteiger partial charge in [0.05, 0.1) is 33.2 Å². The summed E-state index contributed by atoms with van der Waals surface area (Å²) in [5.74, 6) is 1.23. The number of amides is 2. The number of nitrogens with zero attached hydrogens (tertiary/aromatic N) is 5. The predicted octanol–water partition coefficient (Wildman–Crippen LogP) is 6.16. The molecule has 11 nitrogen and oxygen atoms in total. The molecule has 2 amide bonds. The highest BCUT2D eigenvalue weighted by atomic mass is 35.5. The molecule has 5 rings (SSSR count). The summed E-state index contributed by atoms with van der Waals surface area (Å²) >= 11 is 12.9. The molecule has 0 aliphatic carbocycles. The molecule has 3 heterocycles. The van der Waals surface area contributed by atoms with Gasteiger partial charge in [-0.15, -0.1) is 0 Å². The fourth-order valence-electron chi connectivity index (χ4n) is 5.26. The second-order valence-corrected chi connectivity index (χ2v) is 14.2. The maximum atomic E-state index is 13.7. The quantitative estimate of drug-likeness (QED) is 0.230. The zero-order chi connectivity index (χ0) is 31.8. The molecule has 2 aromatic heterocycles. The summed E-state index contributed by atoms with van der Waals surface area (Å²) in [6.45, 7) is 5.93. The molecule has 1 fully saturated rings. The number of aromatic amines is 1. The van der Waals surface area contributed by atoms with Gasteiger partial charge in [-0.05, 0) is 70.4 Å². The number of carbonyl (C=O) groups is 2. The van der Waals surface area contributed by atoms with Gasteiger partial charge in [-0.25, -0.2) is 19.7 Å². The van der Waals surface area contributed by atoms with Crippen LogP contribution in [0.5, 0.6) is 0 Å². The van der Waals surface area contributed by atoms with E-state index in [0.717, 1.165) is 17.5 Å². The minimum Gasteiger partial charge on any atom is -0.444 e. The first-order valence-corrected chi connectivity index (χ1v) is 16.7. The molecule has 0 radical (unpaired) electrons. The van der Waals surface area contributed by atoms with E-state index in [1.54, 1.807) is 42.5 Å². The van der Waals surface area contributed by atoms with E-state index in [4.69, 9.17) is 32.9 Å². The molecule has 1 unspecified atom stereocenters. The summed E-state index contributed by atoms with van der Waals surface area (Å²) in [6, 6.07) is 8.34. The van der Waals surface area contributed by atoms with Gasteiger partial charge in [-0.1, -0.05) is 23.2 Å². The number of carbonyl (C=O) groups excluding carboxylic acids is 2. The van der Waals surface area contributed by atoms with Crippen molar-refractivity contribution >= 4 is 73.8 Å². The van der Waals surface area contributed by atoms with Crippen molar-refractivity contribution in [3.05, 3.63) is 58.1 Å². The Bertz CT molecular complexity index is 1740. The number of hydrogen-bond donors (Lipinski definition) is 2. The average molecular weight is 661 g/mol. The van der Waals surface area contributed by atoms with Crippen LogP contribution in [0.4, 0.5) is 10.6 Å². The Hall–Kier alpha value is -3.48. The molecule has 44 heavy (non-hydrogen) atoms. The lowest BCUT2D eigenvalue weighted by Crippen LogP contribution is -2.49. The predicted molar refractivity (Wildman–Crippen MR) is 174 cm³/mol. The van der Waals surface area contributed by atoms with E-state index in [9.17, 15) is 13.8 Å². The number of fused-ring (bicyclic) bond motifs is 2. The van der Waals surface area contributed by atoms with Crippen molar-refractivity contribution in [2.45, 2.75) is 57.8 Å². The van der Waals surface area contributed by atoms with Crippen LogP contribution >= 0.6 is 23.2 Å². The Morgan fingerprint density at radius 3 is 2.70 bits per heavy atom. The molecular formula is C30H35Cl2N7O4S. The van der Waals surface area contributed by atoms with Crippen LogP contribution in [-0.2, 0) is 15.5 Å². The molecule has 2 N–H and O–H groups in total. The zero-order valence-corrected chi connectivity index (χ0v) is 27.5. The van der Waals surface area contributed by atoms with Crippen LogP contribution in [0, 0.1) is 0 Å². The van der Waals surface area contributed by atoms with Crippen molar-refractivity contribution in [1.82, 2.24) is 29.7 Å². The smallest absolute Gasteiger partial charge is 0.411 e. The van der Waals surface area contributed by atoms with Gasteiger partial charge < -0.3 is 19.9 Å². The van der Waals surface area contributed by atoms with Gasteiger partial charge in [0, 0.05) is 46.8 Å². The molecule has 0 spiro atoms. The molecule has 2 aromatic carbocycles. The summed E-state index contributed by atoms with van der Waals surface area (Å²) in [5.41, 5.74) is 1.66. The molecule has 1 aliphatic heterocycles. The van der Waals surface area contributed by atoms with Gasteiger partial charge in [0.2, 0.25) is 0 Å². The number of halogens is 2. The summed E-state index contributed by atoms with van der Waals surface area (Å²) in [4.78, 5) is 46.6. The average Bonchev–Trinajstić information content (AvgIpc) is 3.61. The minimum atomic E-state index is -1.03. The molecule has 3 atom stereocenters. The lowest BCUT2D eigenvalue weighted by atomic mass is 10.1. The first-order valence-electron chi connectivity index (χ1n) is 14.2. The number of H-pyrrole nitrogens is 1. The number of benzene rings is 2. The first-order chi connectivity index (χ1) is 20.8. The second-order valence-electron chi connectivity index (χ2n) is 11.8. The largest absolute Gasteiger partial charge is 0.444 e. The number of hydrogen-bond acceptors (Lipinski definition) is 8. The molecule has 14 heteroatoms. The van der Waals surface area contributed by atoms with Crippen LogP contribution in [0.2, 0.25) is 10.0 Å². The zero-order valence-electron chi connectivity index (χ0n) is 25.2. The van der Waals surface area contributed by atoms with Crippen LogP contribution in [0.15, 0.2) is 36.7 Å². The third kappa shape index (κ3) is 7.08. The Morgan fingerprint density at radius 1 is 1.20 bits per heavy atom. The molecule has 1 aliphatic rings. The lowest BCUT2D eigenvalue weighted by molar-refractivity contribution is 0.00651. The molecule has 0 saturated carbocycles. The topological polar surface area (TPSA) is 133 Å². The fraction of sp³-hybridized carbons (Fsp3) is 0.433. The number of rotatable bonds is 8. The standard InChI is InChI=1S/C30H35Cl2N7O4S/c1-30(2,3)43-29(41)39-11-6-7-25(39)38(4)28(40)18-15-23-19(14-20(18)32)26(34-16-33-23)36-22(10-12-44(5)42)27-35-21-9-8-17(31)13-24(21)37-27/h8-9,13-16,22,25H,6-7,10-12H2,1-5H3,(H,35,37)(H,33,34,36)/t22-,25+,44?/m0/s1. The van der Waals surface area contributed by atoms with Crippen LogP contribution in [0.3, 0.4) is 0 Å². The van der Waals surface area contributed by atoms with Gasteiger partial charge in [0.15, 0.2) is 0 Å². The first kappa shape index (κ1) is 31.9. The normalized spacial score (nSPS) is 16.7. The van der Waals surface area contributed by atoms with E-state index in [1.807, 2.05) is 26.8 Å². The number of likely N-dealkylation sites (tertiary alicyclic amines) is 1. The number of ether oxygens (including phenoxy) is 1. The second kappa shape index (κ2) is 12.9. The molecule has 234 valence electrons. The minimum absolute atomic E-state index is 0.221. The number of imidazole rings is 1. The lowest BCUT2D eigenvalue weighted by Gasteiger charge is -2.34.